The number of imidazole rings is 1. The summed E-state index contributed by atoms with van der Waals surface area (Å²) in [5.74, 6) is 0.482. The van der Waals surface area contributed by atoms with Crippen LogP contribution in [0.25, 0.3) is 0 Å². The lowest BCUT2D eigenvalue weighted by atomic mass is 10.0. The highest BCUT2D eigenvalue weighted by atomic mass is 32.2. The van der Waals surface area contributed by atoms with Crippen molar-refractivity contribution in [3.05, 3.63) is 47.5 Å². The first-order chi connectivity index (χ1) is 11.1. The first-order valence-corrected chi connectivity index (χ1v) is 9.07. The number of carbonyl (C=O) groups is 1. The van der Waals surface area contributed by atoms with Crippen molar-refractivity contribution in [1.29, 1.82) is 0 Å². The minimum Gasteiger partial charge on any atom is -0.342 e. The van der Waals surface area contributed by atoms with Crippen molar-refractivity contribution in [3.8, 4) is 0 Å². The van der Waals surface area contributed by atoms with Crippen LogP contribution < -0.4 is 10.5 Å². The normalized spacial score (nSPS) is 13.1. The summed E-state index contributed by atoms with van der Waals surface area (Å²) in [7, 11) is -2.01. The fraction of sp³-hybridized carbons (Fsp3) is 0.375. The summed E-state index contributed by atoms with van der Waals surface area (Å²) in [6.45, 7) is 5.70. The Hall–Kier alpha value is -2.19. The zero-order valence-electron chi connectivity index (χ0n) is 14.1. The smallest absolute Gasteiger partial charge is 0.252 e. The molecule has 0 saturated carbocycles. The van der Waals surface area contributed by atoms with Crippen LogP contribution in [0, 0.1) is 12.8 Å². The average Bonchev–Trinajstić information content (AvgIpc) is 2.89. The van der Waals surface area contributed by atoms with Gasteiger partial charge in [-0.3, -0.25) is 4.79 Å². The fourth-order valence-corrected chi connectivity index (χ4v) is 2.99. The molecule has 0 unspecified atom stereocenters. The van der Waals surface area contributed by atoms with Gasteiger partial charge in [-0.2, -0.15) is 0 Å². The molecule has 8 heteroatoms. The molecule has 0 aliphatic heterocycles. The summed E-state index contributed by atoms with van der Waals surface area (Å²) in [6, 6.07) is 3.96. The maximum Gasteiger partial charge on any atom is 0.252 e. The van der Waals surface area contributed by atoms with Crippen molar-refractivity contribution in [3.63, 3.8) is 0 Å². The highest BCUT2D eigenvalue weighted by molar-refractivity contribution is 7.89. The minimum absolute atomic E-state index is 0.0867. The molecule has 0 fully saturated rings. The van der Waals surface area contributed by atoms with Crippen molar-refractivity contribution < 1.29 is 13.2 Å². The van der Waals surface area contributed by atoms with Crippen molar-refractivity contribution in [1.82, 2.24) is 14.9 Å². The second-order valence-corrected chi connectivity index (χ2v) is 7.67. The molecule has 1 heterocycles. The molecule has 0 saturated heterocycles. The summed E-state index contributed by atoms with van der Waals surface area (Å²) in [4.78, 5) is 16.9. The third-order valence-electron chi connectivity index (χ3n) is 3.87. The number of nitrogens with two attached hydrogens (primary N) is 1. The number of nitrogens with zero attached hydrogens (tertiary/aromatic N) is 2. The molecule has 2 rings (SSSR count). The van der Waals surface area contributed by atoms with E-state index in [4.69, 9.17) is 5.14 Å². The van der Waals surface area contributed by atoms with Gasteiger partial charge in [0.1, 0.15) is 5.82 Å². The Morgan fingerprint density at radius 3 is 2.50 bits per heavy atom. The Labute approximate surface area is 141 Å². The number of amides is 1. The van der Waals surface area contributed by atoms with Gasteiger partial charge in [0.25, 0.3) is 5.91 Å². The van der Waals surface area contributed by atoms with Crippen LogP contribution in [0.15, 0.2) is 35.5 Å². The van der Waals surface area contributed by atoms with Gasteiger partial charge in [0, 0.05) is 25.0 Å². The van der Waals surface area contributed by atoms with Gasteiger partial charge in [0.2, 0.25) is 10.0 Å². The lowest BCUT2D eigenvalue weighted by molar-refractivity contribution is 0.0921. The van der Waals surface area contributed by atoms with E-state index in [1.165, 1.54) is 12.1 Å². The Morgan fingerprint density at radius 2 is 2.00 bits per heavy atom. The lowest BCUT2D eigenvalue weighted by Crippen LogP contribution is -2.34. The summed E-state index contributed by atoms with van der Waals surface area (Å²) >= 11 is 0. The number of primary sulfonamides is 1. The van der Waals surface area contributed by atoms with Crippen LogP contribution in [0.4, 0.5) is 0 Å². The first-order valence-electron chi connectivity index (χ1n) is 7.52. The molecular weight excluding hydrogens is 328 g/mol. The van der Waals surface area contributed by atoms with Gasteiger partial charge in [0.05, 0.1) is 10.9 Å². The van der Waals surface area contributed by atoms with Gasteiger partial charge in [-0.05, 0) is 30.5 Å². The standard InChI is InChI=1S/C16H22N4O3S/c1-10(2)14(15-18-7-8-20(15)4)19-16(21)13-9-12(24(17,22)23)6-5-11(13)3/h5-10,14H,1-4H3,(H,19,21)(H2,17,22,23)/t14-/m1/s1. The first kappa shape index (κ1) is 18.2. The number of sulfonamides is 1. The molecule has 1 atom stereocenters. The van der Waals surface area contributed by atoms with Crippen LogP contribution in [0.2, 0.25) is 0 Å². The van der Waals surface area contributed by atoms with Gasteiger partial charge in [-0.1, -0.05) is 19.9 Å². The van der Waals surface area contributed by atoms with Crippen LogP contribution in [0.3, 0.4) is 0 Å². The minimum atomic E-state index is -3.87. The molecule has 7 nitrogen and oxygen atoms in total. The molecule has 2 aromatic rings. The van der Waals surface area contributed by atoms with Gasteiger partial charge < -0.3 is 9.88 Å². The van der Waals surface area contributed by atoms with Gasteiger partial charge in [-0.15, -0.1) is 0 Å². The molecule has 24 heavy (non-hydrogen) atoms. The Kier molecular flexibility index (Phi) is 5.10. The third-order valence-corrected chi connectivity index (χ3v) is 4.78. The molecule has 3 N–H and O–H groups in total. The number of hydrogen-bond acceptors (Lipinski definition) is 4. The van der Waals surface area contributed by atoms with E-state index >= 15 is 0 Å². The highest BCUT2D eigenvalue weighted by Gasteiger charge is 2.24. The number of aryl methyl sites for hydroxylation is 2. The molecule has 0 bridgehead atoms. The van der Waals surface area contributed by atoms with Gasteiger partial charge in [0.15, 0.2) is 0 Å². The number of aromatic nitrogens is 2. The van der Waals surface area contributed by atoms with E-state index < -0.39 is 10.0 Å². The SMILES string of the molecule is Cc1ccc(S(N)(=O)=O)cc1C(=O)N[C@@H](c1nccn1C)C(C)C. The van der Waals surface area contributed by atoms with E-state index in [0.29, 0.717) is 5.56 Å². The highest BCUT2D eigenvalue weighted by Crippen LogP contribution is 2.21. The van der Waals surface area contributed by atoms with E-state index in [1.54, 1.807) is 19.2 Å². The average molecular weight is 350 g/mol. The van der Waals surface area contributed by atoms with Crippen molar-refractivity contribution in [2.75, 3.05) is 0 Å². The predicted octanol–water partition coefficient (Wildman–Crippen LogP) is 1.50. The molecule has 130 valence electrons. The molecule has 0 spiro atoms. The lowest BCUT2D eigenvalue weighted by Gasteiger charge is -2.22. The topological polar surface area (TPSA) is 107 Å². The summed E-state index contributed by atoms with van der Waals surface area (Å²) in [5.41, 5.74) is 0.948. The van der Waals surface area contributed by atoms with Crippen molar-refractivity contribution in [2.24, 2.45) is 18.1 Å². The zero-order valence-corrected chi connectivity index (χ0v) is 15.0. The largest absolute Gasteiger partial charge is 0.342 e. The Balaban J connectivity index is 2.36. The molecule has 0 radical (unpaired) electrons. The second kappa shape index (κ2) is 6.74. The van der Waals surface area contributed by atoms with E-state index in [-0.39, 0.29) is 28.3 Å². The monoisotopic (exact) mass is 350 g/mol. The van der Waals surface area contributed by atoms with Crippen molar-refractivity contribution in [2.45, 2.75) is 31.7 Å². The molecule has 0 aliphatic rings. The maximum atomic E-state index is 12.7. The molecule has 0 aliphatic carbocycles. The van der Waals surface area contributed by atoms with Crippen LogP contribution in [-0.4, -0.2) is 23.9 Å². The van der Waals surface area contributed by atoms with Crippen molar-refractivity contribution >= 4 is 15.9 Å². The zero-order chi connectivity index (χ0) is 18.1. The van der Waals surface area contributed by atoms with E-state index in [0.717, 1.165) is 5.82 Å². The van der Waals surface area contributed by atoms with Crippen LogP contribution in [-0.2, 0) is 17.1 Å². The van der Waals surface area contributed by atoms with Crippen LogP contribution in [0.1, 0.15) is 41.6 Å². The van der Waals surface area contributed by atoms with Crippen LogP contribution in [0.5, 0.6) is 0 Å². The van der Waals surface area contributed by atoms with Gasteiger partial charge >= 0.3 is 0 Å². The quantitative estimate of drug-likeness (QED) is 0.852. The maximum absolute atomic E-state index is 12.7. The number of carbonyl (C=O) groups excluding carboxylic acids is 1. The number of nitrogens with one attached hydrogen (secondary N) is 1. The Morgan fingerprint density at radius 1 is 1.33 bits per heavy atom. The summed E-state index contributed by atoms with van der Waals surface area (Å²) < 4.78 is 24.9. The van der Waals surface area contributed by atoms with E-state index in [2.05, 4.69) is 10.3 Å². The number of rotatable bonds is 5. The fourth-order valence-electron chi connectivity index (χ4n) is 2.45. The second-order valence-electron chi connectivity index (χ2n) is 6.11. The molecule has 1 aromatic heterocycles. The molecule has 1 aromatic carbocycles. The Bertz CT molecular complexity index is 856. The van der Waals surface area contributed by atoms with E-state index in [9.17, 15) is 13.2 Å². The third kappa shape index (κ3) is 3.82. The van der Waals surface area contributed by atoms with E-state index in [1.807, 2.05) is 31.7 Å². The number of benzene rings is 1. The van der Waals surface area contributed by atoms with Crippen LogP contribution >= 0.6 is 0 Å². The number of hydrogen-bond donors (Lipinski definition) is 2. The summed E-state index contributed by atoms with van der Waals surface area (Å²) in [5, 5.41) is 8.09. The van der Waals surface area contributed by atoms with Gasteiger partial charge in [-0.25, -0.2) is 18.5 Å². The molecular formula is C16H22N4O3S. The predicted molar refractivity (Wildman–Crippen MR) is 90.8 cm³/mol. The molecule has 1 amide bonds. The summed E-state index contributed by atoms with van der Waals surface area (Å²) in [6.07, 6.45) is 3.48.